The summed E-state index contributed by atoms with van der Waals surface area (Å²) in [6.07, 6.45) is 0. The lowest BCUT2D eigenvalue weighted by atomic mass is 10.2. The van der Waals surface area contributed by atoms with Crippen LogP contribution in [0, 0.1) is 0 Å². The molecule has 3 nitrogen and oxygen atoms in total. The van der Waals surface area contributed by atoms with Gasteiger partial charge in [0.2, 0.25) is 0 Å². The Morgan fingerprint density at radius 3 is 2.43 bits per heavy atom. The Morgan fingerprint density at radius 1 is 1.19 bits per heavy atom. The number of amides is 1. The molecule has 0 aliphatic rings. The second kappa shape index (κ2) is 6.87. The molecule has 0 saturated heterocycles. The fraction of sp³-hybridized carbons (Fsp3) is 0.0714. The van der Waals surface area contributed by atoms with Crippen molar-refractivity contribution in [2.75, 3.05) is 5.32 Å². The van der Waals surface area contributed by atoms with Crippen LogP contribution in [0.15, 0.2) is 46.9 Å². The summed E-state index contributed by atoms with van der Waals surface area (Å²) in [4.78, 5) is 12.0. The van der Waals surface area contributed by atoms with Crippen molar-refractivity contribution in [2.24, 2.45) is 0 Å². The van der Waals surface area contributed by atoms with Crippen LogP contribution in [0.1, 0.15) is 10.4 Å². The Hall–Kier alpha value is -1.66. The second-order valence-corrected chi connectivity index (χ2v) is 5.27. The van der Waals surface area contributed by atoms with Gasteiger partial charge in [-0.25, -0.2) is 0 Å². The molecule has 0 heterocycles. The molecule has 0 atom stereocenters. The summed E-state index contributed by atoms with van der Waals surface area (Å²) in [5, 5.41) is 3.22. The molecule has 0 fully saturated rings. The number of ether oxygens (including phenoxy) is 1. The van der Waals surface area contributed by atoms with Gasteiger partial charge in [-0.15, -0.1) is 0 Å². The predicted molar refractivity (Wildman–Crippen MR) is 80.2 cm³/mol. The number of benzene rings is 2. The van der Waals surface area contributed by atoms with E-state index in [1.807, 2.05) is 0 Å². The van der Waals surface area contributed by atoms with E-state index in [2.05, 4.69) is 26.0 Å². The molecule has 0 saturated carbocycles. The van der Waals surface area contributed by atoms with Gasteiger partial charge in [-0.1, -0.05) is 11.6 Å². The van der Waals surface area contributed by atoms with E-state index in [9.17, 15) is 13.6 Å². The second-order valence-electron chi connectivity index (χ2n) is 3.98. The molecule has 1 N–H and O–H groups in total. The third-order valence-corrected chi connectivity index (χ3v) is 3.41. The van der Waals surface area contributed by atoms with Crippen LogP contribution in [0.4, 0.5) is 14.5 Å². The van der Waals surface area contributed by atoms with Gasteiger partial charge in [0.15, 0.2) is 0 Å². The molecule has 110 valence electrons. The number of nitrogens with one attached hydrogen (secondary N) is 1. The molecule has 0 spiro atoms. The molecule has 2 aromatic rings. The van der Waals surface area contributed by atoms with Crippen molar-refractivity contribution in [3.8, 4) is 5.75 Å². The standard InChI is InChI=1S/C14H9BrClF2NO2/c15-11-7-9(16)3-6-12(11)19-13(20)8-1-4-10(5-2-8)21-14(17)18/h1-7,14H,(H,19,20). The first-order valence-corrected chi connectivity index (χ1v) is 6.94. The molecule has 2 aromatic carbocycles. The average molecular weight is 377 g/mol. The zero-order valence-electron chi connectivity index (χ0n) is 10.4. The number of halogens is 4. The van der Waals surface area contributed by atoms with E-state index in [1.165, 1.54) is 24.3 Å². The third kappa shape index (κ3) is 4.41. The molecule has 7 heteroatoms. The van der Waals surface area contributed by atoms with Gasteiger partial charge in [-0.2, -0.15) is 8.78 Å². The van der Waals surface area contributed by atoms with Crippen molar-refractivity contribution >= 4 is 39.1 Å². The van der Waals surface area contributed by atoms with Crippen molar-refractivity contribution in [1.29, 1.82) is 0 Å². The molecule has 0 aliphatic heterocycles. The quantitative estimate of drug-likeness (QED) is 0.819. The van der Waals surface area contributed by atoms with Gasteiger partial charge in [-0.3, -0.25) is 4.79 Å². The molecular weight excluding hydrogens is 368 g/mol. The maximum Gasteiger partial charge on any atom is 0.387 e. The van der Waals surface area contributed by atoms with E-state index in [4.69, 9.17) is 11.6 Å². The molecule has 0 bridgehead atoms. The van der Waals surface area contributed by atoms with Crippen LogP contribution < -0.4 is 10.1 Å². The number of alkyl halides is 2. The number of hydrogen-bond acceptors (Lipinski definition) is 2. The first-order valence-electron chi connectivity index (χ1n) is 5.77. The van der Waals surface area contributed by atoms with Gasteiger partial charge in [0, 0.05) is 15.1 Å². The molecule has 1 amide bonds. The fourth-order valence-corrected chi connectivity index (χ4v) is 2.35. The Balaban J connectivity index is 2.09. The van der Waals surface area contributed by atoms with E-state index in [0.717, 1.165) is 0 Å². The normalized spacial score (nSPS) is 10.5. The number of rotatable bonds is 4. The lowest BCUT2D eigenvalue weighted by molar-refractivity contribution is -0.0498. The van der Waals surface area contributed by atoms with Crippen LogP contribution in [0.3, 0.4) is 0 Å². The number of anilines is 1. The van der Waals surface area contributed by atoms with Gasteiger partial charge in [-0.05, 0) is 58.4 Å². The molecule has 2 rings (SSSR count). The maximum absolute atomic E-state index is 12.0. The van der Waals surface area contributed by atoms with E-state index < -0.39 is 6.61 Å². The zero-order chi connectivity index (χ0) is 15.4. The smallest absolute Gasteiger partial charge is 0.387 e. The van der Waals surface area contributed by atoms with Crippen molar-refractivity contribution in [1.82, 2.24) is 0 Å². The summed E-state index contributed by atoms with van der Waals surface area (Å²) in [6, 6.07) is 10.3. The summed E-state index contributed by atoms with van der Waals surface area (Å²) >= 11 is 9.10. The maximum atomic E-state index is 12.0. The van der Waals surface area contributed by atoms with E-state index >= 15 is 0 Å². The Labute approximate surface area is 133 Å². The first-order chi connectivity index (χ1) is 9.95. The van der Waals surface area contributed by atoms with Crippen LogP contribution in [0.5, 0.6) is 5.75 Å². The van der Waals surface area contributed by atoms with E-state index in [1.54, 1.807) is 18.2 Å². The number of carbonyl (C=O) groups is 1. The Kier molecular flexibility index (Phi) is 5.14. The monoisotopic (exact) mass is 375 g/mol. The van der Waals surface area contributed by atoms with Crippen molar-refractivity contribution in [2.45, 2.75) is 6.61 Å². The van der Waals surface area contributed by atoms with Crippen molar-refractivity contribution in [3.05, 3.63) is 57.5 Å². The average Bonchev–Trinajstić information content (AvgIpc) is 2.42. The summed E-state index contributed by atoms with van der Waals surface area (Å²) < 4.78 is 28.9. The lowest BCUT2D eigenvalue weighted by Crippen LogP contribution is -2.12. The fourth-order valence-electron chi connectivity index (χ4n) is 1.57. The van der Waals surface area contributed by atoms with Gasteiger partial charge in [0.05, 0.1) is 5.69 Å². The topological polar surface area (TPSA) is 38.3 Å². The SMILES string of the molecule is O=C(Nc1ccc(Cl)cc1Br)c1ccc(OC(F)F)cc1. The van der Waals surface area contributed by atoms with Crippen LogP contribution in [0.2, 0.25) is 5.02 Å². The molecular formula is C14H9BrClF2NO2. The van der Waals surface area contributed by atoms with E-state index in [0.29, 0.717) is 20.7 Å². The van der Waals surface area contributed by atoms with E-state index in [-0.39, 0.29) is 11.7 Å². The minimum Gasteiger partial charge on any atom is -0.435 e. The molecule has 0 aromatic heterocycles. The summed E-state index contributed by atoms with van der Waals surface area (Å²) in [5.41, 5.74) is 0.871. The highest BCUT2D eigenvalue weighted by Gasteiger charge is 2.10. The van der Waals surface area contributed by atoms with Crippen molar-refractivity contribution < 1.29 is 18.3 Å². The number of hydrogen-bond donors (Lipinski definition) is 1. The van der Waals surface area contributed by atoms with Crippen LogP contribution in [-0.4, -0.2) is 12.5 Å². The minimum atomic E-state index is -2.89. The van der Waals surface area contributed by atoms with Gasteiger partial charge < -0.3 is 10.1 Å². The number of carbonyl (C=O) groups excluding carboxylic acids is 1. The zero-order valence-corrected chi connectivity index (χ0v) is 12.8. The summed E-state index contributed by atoms with van der Waals surface area (Å²) in [7, 11) is 0. The van der Waals surface area contributed by atoms with Crippen LogP contribution in [0.25, 0.3) is 0 Å². The van der Waals surface area contributed by atoms with Gasteiger partial charge in [0.1, 0.15) is 5.75 Å². The van der Waals surface area contributed by atoms with Crippen LogP contribution in [-0.2, 0) is 0 Å². The Bertz CT molecular complexity index is 650. The predicted octanol–water partition coefficient (Wildman–Crippen LogP) is 4.96. The molecule has 0 unspecified atom stereocenters. The Morgan fingerprint density at radius 2 is 1.86 bits per heavy atom. The summed E-state index contributed by atoms with van der Waals surface area (Å²) in [5.74, 6) is -0.379. The van der Waals surface area contributed by atoms with Gasteiger partial charge >= 0.3 is 6.61 Å². The highest BCUT2D eigenvalue weighted by Crippen LogP contribution is 2.26. The molecule has 0 radical (unpaired) electrons. The lowest BCUT2D eigenvalue weighted by Gasteiger charge is -2.09. The molecule has 0 aliphatic carbocycles. The highest BCUT2D eigenvalue weighted by molar-refractivity contribution is 9.10. The third-order valence-electron chi connectivity index (χ3n) is 2.52. The minimum absolute atomic E-state index is 0.00535. The van der Waals surface area contributed by atoms with Crippen LogP contribution >= 0.6 is 27.5 Å². The first kappa shape index (κ1) is 15.7. The largest absolute Gasteiger partial charge is 0.435 e. The molecule has 21 heavy (non-hydrogen) atoms. The summed E-state index contributed by atoms with van der Waals surface area (Å²) in [6.45, 7) is -2.89. The van der Waals surface area contributed by atoms with Gasteiger partial charge in [0.25, 0.3) is 5.91 Å². The van der Waals surface area contributed by atoms with Crippen molar-refractivity contribution in [3.63, 3.8) is 0 Å². The highest BCUT2D eigenvalue weighted by atomic mass is 79.9.